The second-order valence-corrected chi connectivity index (χ2v) is 8.44. The molecule has 0 spiro atoms. The molecule has 0 radical (unpaired) electrons. The Kier molecular flexibility index (Phi) is 3.92. The third-order valence-corrected chi connectivity index (χ3v) is 6.57. The number of halogens is 1. The van der Waals surface area contributed by atoms with E-state index in [1.165, 1.54) is 6.07 Å². The van der Waals surface area contributed by atoms with Gasteiger partial charge in [0.2, 0.25) is 0 Å². The Bertz CT molecular complexity index is 1190. The van der Waals surface area contributed by atoms with Crippen molar-refractivity contribution in [3.8, 4) is 22.9 Å². The van der Waals surface area contributed by atoms with Crippen LogP contribution in [0.15, 0.2) is 24.5 Å². The van der Waals surface area contributed by atoms with Crippen molar-refractivity contribution in [3.05, 3.63) is 47.4 Å². The van der Waals surface area contributed by atoms with E-state index in [0.717, 1.165) is 47.0 Å². The Morgan fingerprint density at radius 2 is 1.90 bits per heavy atom. The number of piperidine rings is 1. The molecule has 2 unspecified atom stereocenters. The minimum absolute atomic E-state index is 0.241. The van der Waals surface area contributed by atoms with Crippen LogP contribution < -0.4 is 20.7 Å². The minimum Gasteiger partial charge on any atom is -0.421 e. The lowest BCUT2D eigenvalue weighted by atomic mass is 10.0. The summed E-state index contributed by atoms with van der Waals surface area (Å²) in [4.78, 5) is 20.0. The van der Waals surface area contributed by atoms with E-state index in [4.69, 9.17) is 15.5 Å². The molecule has 1 aromatic carbocycles. The number of aryl methyl sites for hydroxylation is 1. The standard InChI is InChI=1S/C22H22FN7O/c1-10-26-6-12(7-27-10)31-22-28-18-5-13-14(3-11(23)4-17(13)25-2)19(18)21(29-22)30-8-15-16(9-30)20(15)24/h3-4,6-7,15-16,20,25H,5,8-9,24H2,1-2H3. The third kappa shape index (κ3) is 2.91. The molecule has 9 heteroatoms. The lowest BCUT2D eigenvalue weighted by Gasteiger charge is -2.23. The molecule has 1 saturated carbocycles. The first-order chi connectivity index (χ1) is 15.0. The van der Waals surface area contributed by atoms with E-state index in [2.05, 4.69) is 25.2 Å². The van der Waals surface area contributed by atoms with E-state index in [9.17, 15) is 4.39 Å². The predicted octanol–water partition coefficient (Wildman–Crippen LogP) is 2.51. The Morgan fingerprint density at radius 3 is 2.61 bits per heavy atom. The maximum absolute atomic E-state index is 14.4. The van der Waals surface area contributed by atoms with Gasteiger partial charge < -0.3 is 20.7 Å². The molecule has 31 heavy (non-hydrogen) atoms. The van der Waals surface area contributed by atoms with Gasteiger partial charge in [-0.2, -0.15) is 9.97 Å². The van der Waals surface area contributed by atoms with Crippen LogP contribution in [0.25, 0.3) is 11.1 Å². The molecule has 3 aromatic rings. The number of hydrogen-bond acceptors (Lipinski definition) is 8. The average molecular weight is 419 g/mol. The Balaban J connectivity index is 1.46. The first-order valence-electron chi connectivity index (χ1n) is 10.4. The fraction of sp³-hybridized carbons (Fsp3) is 0.364. The van der Waals surface area contributed by atoms with Gasteiger partial charge in [0.05, 0.1) is 18.1 Å². The monoisotopic (exact) mass is 419 g/mol. The predicted molar refractivity (Wildman–Crippen MR) is 114 cm³/mol. The van der Waals surface area contributed by atoms with Crippen molar-refractivity contribution >= 4 is 11.5 Å². The summed E-state index contributed by atoms with van der Waals surface area (Å²) in [6.07, 6.45) is 3.79. The first kappa shape index (κ1) is 18.4. The lowest BCUT2D eigenvalue weighted by molar-refractivity contribution is 0.435. The number of anilines is 2. The smallest absolute Gasteiger partial charge is 0.324 e. The van der Waals surface area contributed by atoms with Crippen LogP contribution in [0, 0.1) is 24.6 Å². The first-order valence-corrected chi connectivity index (χ1v) is 10.4. The zero-order valence-corrected chi connectivity index (χ0v) is 17.3. The van der Waals surface area contributed by atoms with Gasteiger partial charge in [-0.05, 0) is 42.0 Å². The molecular weight excluding hydrogens is 397 g/mol. The molecule has 6 rings (SSSR count). The van der Waals surface area contributed by atoms with Crippen molar-refractivity contribution in [2.75, 3.05) is 30.4 Å². The van der Waals surface area contributed by atoms with E-state index >= 15 is 0 Å². The molecule has 2 fully saturated rings. The normalized spacial score (nSPS) is 22.7. The van der Waals surface area contributed by atoms with Crippen molar-refractivity contribution in [1.29, 1.82) is 0 Å². The second-order valence-electron chi connectivity index (χ2n) is 8.44. The van der Waals surface area contributed by atoms with Gasteiger partial charge in [0.1, 0.15) is 17.5 Å². The fourth-order valence-electron chi connectivity index (χ4n) is 4.88. The molecular formula is C22H22FN7O. The summed E-state index contributed by atoms with van der Waals surface area (Å²) in [6, 6.07) is 3.60. The zero-order valence-electron chi connectivity index (χ0n) is 17.3. The molecule has 3 heterocycles. The van der Waals surface area contributed by atoms with Gasteiger partial charge in [0.25, 0.3) is 0 Å². The van der Waals surface area contributed by atoms with Gasteiger partial charge >= 0.3 is 6.01 Å². The van der Waals surface area contributed by atoms with Gasteiger partial charge in [0, 0.05) is 43.9 Å². The molecule has 8 nitrogen and oxygen atoms in total. The molecule has 1 aliphatic heterocycles. The van der Waals surface area contributed by atoms with Crippen LogP contribution >= 0.6 is 0 Å². The molecule has 158 valence electrons. The van der Waals surface area contributed by atoms with Crippen LogP contribution in [0.3, 0.4) is 0 Å². The second kappa shape index (κ2) is 6.58. The van der Waals surface area contributed by atoms with E-state index in [0.29, 0.717) is 29.8 Å². The average Bonchev–Trinajstić information content (AvgIpc) is 3.12. The summed E-state index contributed by atoms with van der Waals surface area (Å²) in [6.45, 7) is 3.49. The van der Waals surface area contributed by atoms with Crippen molar-refractivity contribution in [2.24, 2.45) is 17.6 Å². The number of benzene rings is 1. The largest absolute Gasteiger partial charge is 0.421 e. The Morgan fingerprint density at radius 1 is 1.16 bits per heavy atom. The van der Waals surface area contributed by atoms with Gasteiger partial charge in [-0.25, -0.2) is 14.4 Å². The maximum Gasteiger partial charge on any atom is 0.324 e. The van der Waals surface area contributed by atoms with Crippen LogP contribution in [0.4, 0.5) is 15.9 Å². The summed E-state index contributed by atoms with van der Waals surface area (Å²) in [5, 5.41) is 3.11. The van der Waals surface area contributed by atoms with Crippen LogP contribution in [0.5, 0.6) is 11.8 Å². The van der Waals surface area contributed by atoms with Gasteiger partial charge in [-0.3, -0.25) is 0 Å². The van der Waals surface area contributed by atoms with Crippen molar-refractivity contribution in [3.63, 3.8) is 0 Å². The molecule has 2 atom stereocenters. The topological polar surface area (TPSA) is 102 Å². The molecule has 1 saturated heterocycles. The summed E-state index contributed by atoms with van der Waals surface area (Å²) in [5.41, 5.74) is 10.5. The Labute approximate surface area is 178 Å². The molecule has 2 aliphatic carbocycles. The van der Waals surface area contributed by atoms with E-state index in [1.54, 1.807) is 25.5 Å². The highest BCUT2D eigenvalue weighted by Crippen LogP contribution is 2.50. The number of nitrogens with zero attached hydrogens (tertiary/aromatic N) is 5. The number of fused-ring (bicyclic) bond motifs is 4. The lowest BCUT2D eigenvalue weighted by Crippen LogP contribution is -2.29. The van der Waals surface area contributed by atoms with Crippen LogP contribution in [-0.2, 0) is 6.42 Å². The summed E-state index contributed by atoms with van der Waals surface area (Å²) >= 11 is 0. The van der Waals surface area contributed by atoms with E-state index in [1.807, 2.05) is 6.92 Å². The van der Waals surface area contributed by atoms with Crippen LogP contribution in [0.1, 0.15) is 17.1 Å². The summed E-state index contributed by atoms with van der Waals surface area (Å²) in [7, 11) is 1.80. The summed E-state index contributed by atoms with van der Waals surface area (Å²) in [5.74, 6) is 2.60. The number of aromatic nitrogens is 4. The molecule has 0 bridgehead atoms. The number of nitrogens with two attached hydrogens (primary N) is 1. The number of hydrogen-bond donors (Lipinski definition) is 2. The van der Waals surface area contributed by atoms with Crippen LogP contribution in [0.2, 0.25) is 0 Å². The number of nitrogens with one attached hydrogen (secondary N) is 1. The number of rotatable bonds is 4. The highest BCUT2D eigenvalue weighted by molar-refractivity contribution is 5.88. The van der Waals surface area contributed by atoms with E-state index < -0.39 is 0 Å². The van der Waals surface area contributed by atoms with Crippen molar-refractivity contribution in [2.45, 2.75) is 19.4 Å². The SMILES string of the molecule is CNc1cc(F)cc2c1Cc1nc(Oc3cnc(C)nc3)nc(N3CC4C(N)C4C3)c1-2. The molecule has 3 aliphatic rings. The quantitative estimate of drug-likeness (QED) is 0.520. The maximum atomic E-state index is 14.4. The van der Waals surface area contributed by atoms with E-state index in [-0.39, 0.29) is 17.9 Å². The third-order valence-electron chi connectivity index (χ3n) is 6.57. The van der Waals surface area contributed by atoms with Gasteiger partial charge in [0.15, 0.2) is 5.75 Å². The number of ether oxygens (including phenoxy) is 1. The van der Waals surface area contributed by atoms with Crippen molar-refractivity contribution in [1.82, 2.24) is 19.9 Å². The van der Waals surface area contributed by atoms with Gasteiger partial charge in [-0.1, -0.05) is 0 Å². The molecule has 3 N–H and O–H groups in total. The highest BCUT2D eigenvalue weighted by atomic mass is 19.1. The zero-order chi connectivity index (χ0) is 21.3. The minimum atomic E-state index is -0.287. The van der Waals surface area contributed by atoms with Gasteiger partial charge in [-0.15, -0.1) is 0 Å². The Hall–Kier alpha value is -3.33. The highest BCUT2D eigenvalue weighted by Gasteiger charge is 2.54. The van der Waals surface area contributed by atoms with Crippen LogP contribution in [-0.4, -0.2) is 46.1 Å². The fourth-order valence-corrected chi connectivity index (χ4v) is 4.88. The summed E-state index contributed by atoms with van der Waals surface area (Å²) < 4.78 is 20.3. The molecule has 0 amide bonds. The molecule has 2 aromatic heterocycles. The van der Waals surface area contributed by atoms with Crippen molar-refractivity contribution < 1.29 is 9.13 Å².